The molecule has 0 radical (unpaired) electrons. The molecule has 0 saturated heterocycles. The molecule has 0 fully saturated rings. The quantitative estimate of drug-likeness (QED) is 0.182. The number of thiocarbonyl (C=S) groups is 2. The summed E-state index contributed by atoms with van der Waals surface area (Å²) in [6, 6.07) is 13.1. The van der Waals surface area contributed by atoms with E-state index in [-0.39, 0.29) is 41.2 Å². The molecule has 0 heterocycles. The molecule has 0 unspecified atom stereocenters. The van der Waals surface area contributed by atoms with Crippen LogP contribution in [0.4, 0.5) is 0 Å². The average molecular weight is 584 g/mol. The van der Waals surface area contributed by atoms with Crippen molar-refractivity contribution in [3.8, 4) is 11.5 Å². The summed E-state index contributed by atoms with van der Waals surface area (Å²) < 4.78 is 0. The van der Waals surface area contributed by atoms with Crippen LogP contribution in [-0.4, -0.2) is 22.7 Å². The van der Waals surface area contributed by atoms with Crippen molar-refractivity contribution in [2.75, 3.05) is 0 Å². The molecule has 0 spiro atoms. The standard InChI is InChI=1S/2C8H9N3OS.2ClH.Co.Zn/c2*9-8(13)11-10-5-6-3-1-2-4-7(6)12;;;;/h2*1-5,12H,(H3,9,11,13);2*1H;;/q;;;;2*+2/p-4/b2*10-5+;;;;. The summed E-state index contributed by atoms with van der Waals surface area (Å²) in [4.78, 5) is 0. The molecule has 30 heavy (non-hydrogen) atoms. The van der Waals surface area contributed by atoms with Crippen LogP contribution >= 0.6 is 44.7 Å². The predicted octanol–water partition coefficient (Wildman–Crippen LogP) is 1.23. The molecule has 0 aliphatic carbocycles. The summed E-state index contributed by atoms with van der Waals surface area (Å²) in [5.74, 6) is -0.174. The van der Waals surface area contributed by atoms with Crippen LogP contribution in [0.1, 0.15) is 11.1 Å². The van der Waals surface area contributed by atoms with Crippen LogP contribution in [0.5, 0.6) is 11.5 Å². The van der Waals surface area contributed by atoms with Crippen molar-refractivity contribution in [2.45, 2.75) is 0 Å². The van der Waals surface area contributed by atoms with E-state index < -0.39 is 0 Å². The van der Waals surface area contributed by atoms with Crippen LogP contribution < -0.4 is 32.5 Å². The average Bonchev–Trinajstić information content (AvgIpc) is 2.66. The second kappa shape index (κ2) is 19.4. The van der Waals surface area contributed by atoms with Gasteiger partial charge in [0, 0.05) is 0 Å². The SMILES string of the molecule is NC(=S)N/N=C/c1ccccc1[O-].NC(=S)N/N=C/c1ccccc1[O-].[Cl][Co][Cl].[Zn+2]. The van der Waals surface area contributed by atoms with E-state index in [2.05, 4.69) is 45.5 Å². The van der Waals surface area contributed by atoms with Crippen LogP contribution in [0.15, 0.2) is 58.7 Å². The number of halogens is 2. The Morgan fingerprint density at radius 1 is 0.833 bits per heavy atom. The Balaban J connectivity index is 0. The smallest absolute Gasteiger partial charge is 2.00 e. The van der Waals surface area contributed by atoms with Gasteiger partial charge in [-0.3, -0.25) is 10.9 Å². The molecule has 159 valence electrons. The largest absolute Gasteiger partial charge is 2.00 e. The van der Waals surface area contributed by atoms with Gasteiger partial charge in [-0.1, -0.05) is 60.0 Å². The molecule has 8 nitrogen and oxygen atoms in total. The van der Waals surface area contributed by atoms with Gasteiger partial charge in [0.2, 0.25) is 0 Å². The molecular weight excluding hydrogens is 568 g/mol. The van der Waals surface area contributed by atoms with Gasteiger partial charge in [-0.15, -0.1) is 0 Å². The van der Waals surface area contributed by atoms with Gasteiger partial charge >= 0.3 is 52.7 Å². The number of hydrazone groups is 2. The number of hydrogen-bond donors (Lipinski definition) is 4. The molecule has 14 heteroatoms. The normalized spacial score (nSPS) is 9.53. The van der Waals surface area contributed by atoms with Gasteiger partial charge in [0.25, 0.3) is 0 Å². The molecule has 0 saturated carbocycles. The maximum Gasteiger partial charge on any atom is 2.00 e. The minimum absolute atomic E-state index is 0. The van der Waals surface area contributed by atoms with Gasteiger partial charge in [0.1, 0.15) is 0 Å². The molecule has 6 N–H and O–H groups in total. The van der Waals surface area contributed by atoms with Gasteiger partial charge in [-0.25, -0.2) is 0 Å². The monoisotopic (exact) mass is 581 g/mol. The van der Waals surface area contributed by atoms with Crippen molar-refractivity contribution >= 4 is 67.4 Å². The summed E-state index contributed by atoms with van der Waals surface area (Å²) in [5, 5.41) is 29.7. The van der Waals surface area contributed by atoms with Crippen LogP contribution in [0, 0.1) is 0 Å². The molecule has 2 rings (SSSR count). The molecular formula is C16H16Cl2CoN6O2S2Zn. The summed E-state index contributed by atoms with van der Waals surface area (Å²) in [6.45, 7) is 0. The van der Waals surface area contributed by atoms with Crippen LogP contribution in [0.25, 0.3) is 0 Å². The molecule has 0 aliphatic rings. The van der Waals surface area contributed by atoms with Gasteiger partial charge in [0.05, 0.1) is 12.4 Å². The van der Waals surface area contributed by atoms with Gasteiger partial charge in [-0.05, 0) is 35.6 Å². The van der Waals surface area contributed by atoms with E-state index in [1.54, 1.807) is 36.4 Å². The first-order valence-electron chi connectivity index (χ1n) is 7.34. The van der Waals surface area contributed by atoms with Gasteiger partial charge in [-0.2, -0.15) is 10.2 Å². The first-order chi connectivity index (χ1) is 13.8. The van der Waals surface area contributed by atoms with E-state index in [0.29, 0.717) is 24.0 Å². The van der Waals surface area contributed by atoms with Gasteiger partial charge < -0.3 is 21.7 Å². The van der Waals surface area contributed by atoms with Crippen molar-refractivity contribution in [2.24, 2.45) is 21.7 Å². The van der Waals surface area contributed by atoms with Crippen LogP contribution in [-0.2, 0) is 32.4 Å². The first kappa shape index (κ1) is 30.7. The number of benzene rings is 2. The minimum atomic E-state index is -0.0870. The number of para-hydroxylation sites is 2. The van der Waals surface area contributed by atoms with Crippen molar-refractivity contribution < 1.29 is 42.6 Å². The Morgan fingerprint density at radius 2 is 1.13 bits per heavy atom. The second-order valence-electron chi connectivity index (χ2n) is 4.59. The Bertz CT molecular complexity index is 781. The fourth-order valence-electron chi connectivity index (χ4n) is 1.51. The minimum Gasteiger partial charge on any atom is 2.00 e. The van der Waals surface area contributed by atoms with Crippen molar-refractivity contribution in [3.05, 3.63) is 59.7 Å². The number of hydrogen-bond acceptors (Lipinski definition) is 6. The van der Waals surface area contributed by atoms with E-state index in [0.717, 1.165) is 0 Å². The fourth-order valence-corrected chi connectivity index (χ4v) is 1.61. The Kier molecular flexibility index (Phi) is 19.9. The van der Waals surface area contributed by atoms with Crippen LogP contribution in [0.2, 0.25) is 0 Å². The zero-order valence-electron chi connectivity index (χ0n) is 15.3. The van der Waals surface area contributed by atoms with Gasteiger partial charge in [0.15, 0.2) is 10.2 Å². The zero-order valence-corrected chi connectivity index (χ0v) is 22.4. The Morgan fingerprint density at radius 3 is 1.40 bits per heavy atom. The third kappa shape index (κ3) is 16.3. The molecule has 0 aliphatic heterocycles. The van der Waals surface area contributed by atoms with E-state index in [9.17, 15) is 10.2 Å². The molecule has 0 bridgehead atoms. The van der Waals surface area contributed by atoms with E-state index >= 15 is 0 Å². The van der Waals surface area contributed by atoms with E-state index in [1.807, 2.05) is 0 Å². The molecule has 0 amide bonds. The number of nitrogens with zero attached hydrogens (tertiary/aromatic N) is 2. The molecule has 0 atom stereocenters. The summed E-state index contributed by atoms with van der Waals surface area (Å²) in [5.41, 5.74) is 16.0. The molecule has 2 aromatic rings. The summed E-state index contributed by atoms with van der Waals surface area (Å²) >= 11 is 9.42. The topological polar surface area (TPSA) is 147 Å². The maximum atomic E-state index is 11.1. The predicted molar refractivity (Wildman–Crippen MR) is 119 cm³/mol. The maximum absolute atomic E-state index is 11.1. The fraction of sp³-hybridized carbons (Fsp3) is 0. The van der Waals surface area contributed by atoms with Crippen molar-refractivity contribution in [1.29, 1.82) is 0 Å². The Labute approximate surface area is 212 Å². The molecule has 0 aromatic heterocycles. The zero-order chi connectivity index (χ0) is 22.1. The van der Waals surface area contributed by atoms with Crippen molar-refractivity contribution in [1.82, 2.24) is 10.9 Å². The number of rotatable bonds is 4. The molecule has 2 aromatic carbocycles. The van der Waals surface area contributed by atoms with Crippen molar-refractivity contribution in [3.63, 3.8) is 0 Å². The third-order valence-electron chi connectivity index (χ3n) is 2.59. The Hall–Kier alpha value is -1.53. The third-order valence-corrected chi connectivity index (χ3v) is 2.78. The second-order valence-corrected chi connectivity index (χ2v) is 7.19. The number of nitrogens with two attached hydrogens (primary N) is 2. The number of nitrogens with one attached hydrogen (secondary N) is 2. The summed E-state index contributed by atoms with van der Waals surface area (Å²) in [6.07, 6.45) is 2.75. The van der Waals surface area contributed by atoms with Crippen LogP contribution in [0.3, 0.4) is 0 Å². The first-order valence-corrected chi connectivity index (χ1v) is 11.0. The summed E-state index contributed by atoms with van der Waals surface area (Å²) in [7, 11) is 9.47. The van der Waals surface area contributed by atoms with E-state index in [1.165, 1.54) is 24.6 Å². The van der Waals surface area contributed by atoms with E-state index in [4.69, 9.17) is 31.8 Å².